The number of hydrogen-bond donors (Lipinski definition) is 0. The van der Waals surface area contributed by atoms with Crippen molar-refractivity contribution in [3.63, 3.8) is 0 Å². The zero-order valence-electron chi connectivity index (χ0n) is 19.3. The smallest absolute Gasteiger partial charge is 0.231 e. The second-order valence-corrected chi connectivity index (χ2v) is 10.4. The highest BCUT2D eigenvalue weighted by Gasteiger charge is 2.54. The summed E-state index contributed by atoms with van der Waals surface area (Å²) in [6, 6.07) is 9.90. The Bertz CT molecular complexity index is 1440. The molecule has 4 atom stereocenters. The normalized spacial score (nSPS) is 28.2. The Balaban J connectivity index is 1.48. The van der Waals surface area contributed by atoms with Gasteiger partial charge in [-0.25, -0.2) is 0 Å². The highest BCUT2D eigenvalue weighted by atomic mass is 16.5. The molecule has 0 N–H and O–H groups in total. The number of nitrogens with zero attached hydrogens (tertiary/aromatic N) is 1. The molecule has 2 aromatic carbocycles. The lowest BCUT2D eigenvalue weighted by Crippen LogP contribution is -2.61. The van der Waals surface area contributed by atoms with Crippen LogP contribution in [0.15, 0.2) is 91.1 Å². The van der Waals surface area contributed by atoms with Crippen LogP contribution in [0.3, 0.4) is 0 Å². The molecule has 8 rings (SSSR count). The van der Waals surface area contributed by atoms with Crippen molar-refractivity contribution in [3.8, 4) is 11.5 Å². The van der Waals surface area contributed by atoms with Crippen LogP contribution in [0.5, 0.6) is 11.5 Å². The molecule has 0 fully saturated rings. The predicted octanol–water partition coefficient (Wildman–Crippen LogP) is 5.72. The number of rotatable bonds is 1. The lowest BCUT2D eigenvalue weighted by molar-refractivity contribution is 0.483. The Labute approximate surface area is 201 Å². The largest absolute Gasteiger partial charge is 0.458 e. The quantitative estimate of drug-likeness (QED) is 0.527. The number of anilines is 1. The number of fused-ring (bicyclic) bond motifs is 8. The summed E-state index contributed by atoms with van der Waals surface area (Å²) in [5, 5.41) is 0. The molecular weight excluding hydrogens is 413 g/mol. The number of hydrogen-bond acceptors (Lipinski definition) is 2. The fraction of sp³-hybridized carbons (Fsp3) is 0.226. The summed E-state index contributed by atoms with van der Waals surface area (Å²) in [6.45, 7) is 2.50. The molecule has 34 heavy (non-hydrogen) atoms. The Kier molecular flexibility index (Phi) is 3.78. The lowest BCUT2D eigenvalue weighted by Gasteiger charge is -2.48. The maximum absolute atomic E-state index is 6.85. The molecule has 0 amide bonds. The van der Waals surface area contributed by atoms with E-state index in [-0.39, 0.29) is 0 Å². The summed E-state index contributed by atoms with van der Waals surface area (Å²) in [5.74, 6) is 2.87. The molecule has 0 saturated carbocycles. The van der Waals surface area contributed by atoms with Crippen molar-refractivity contribution >= 4 is 28.9 Å². The molecule has 3 aliphatic heterocycles. The van der Waals surface area contributed by atoms with Gasteiger partial charge in [0, 0.05) is 23.2 Å². The molecule has 4 unspecified atom stereocenters. The summed E-state index contributed by atoms with van der Waals surface area (Å²) in [5.41, 5.74) is 9.50. The van der Waals surface area contributed by atoms with Crippen LogP contribution < -0.4 is 20.6 Å². The summed E-state index contributed by atoms with van der Waals surface area (Å²) >= 11 is 0. The molecule has 2 aromatic rings. The second-order valence-electron chi connectivity index (χ2n) is 10.4. The van der Waals surface area contributed by atoms with E-state index < -0.39 is 0 Å². The van der Waals surface area contributed by atoms with Crippen LogP contribution in [0, 0.1) is 6.92 Å². The van der Waals surface area contributed by atoms with E-state index in [0.29, 0.717) is 30.5 Å². The predicted molar refractivity (Wildman–Crippen MR) is 142 cm³/mol. The van der Waals surface area contributed by atoms with Gasteiger partial charge >= 0.3 is 0 Å². The van der Waals surface area contributed by atoms with Crippen molar-refractivity contribution in [3.05, 3.63) is 108 Å². The van der Waals surface area contributed by atoms with Gasteiger partial charge in [-0.3, -0.25) is 0 Å². The van der Waals surface area contributed by atoms with Crippen LogP contribution in [0.2, 0.25) is 5.82 Å². The van der Waals surface area contributed by atoms with E-state index in [0.717, 1.165) is 24.3 Å². The average Bonchev–Trinajstić information content (AvgIpc) is 3.23. The van der Waals surface area contributed by atoms with Crippen LogP contribution in [-0.2, 0) is 0 Å². The first kappa shape index (κ1) is 18.9. The molecule has 3 aliphatic carbocycles. The van der Waals surface area contributed by atoms with E-state index in [9.17, 15) is 0 Å². The molecule has 0 saturated heterocycles. The van der Waals surface area contributed by atoms with Crippen molar-refractivity contribution in [2.24, 2.45) is 0 Å². The minimum absolute atomic E-state index is 0.302. The number of aryl methyl sites for hydroxylation is 1. The van der Waals surface area contributed by atoms with E-state index >= 15 is 0 Å². The minimum atomic E-state index is 0.302. The maximum Gasteiger partial charge on any atom is 0.231 e. The molecule has 0 aromatic heterocycles. The van der Waals surface area contributed by atoms with Gasteiger partial charge in [-0.05, 0) is 59.8 Å². The fourth-order valence-corrected chi connectivity index (χ4v) is 7.18. The molecule has 0 radical (unpaired) electrons. The van der Waals surface area contributed by atoms with Crippen molar-refractivity contribution in [1.29, 1.82) is 0 Å². The van der Waals surface area contributed by atoms with Gasteiger partial charge in [-0.1, -0.05) is 84.5 Å². The molecular formula is C31H26BNO. The molecule has 2 nitrogen and oxygen atoms in total. The van der Waals surface area contributed by atoms with E-state index in [4.69, 9.17) is 4.74 Å². The Morgan fingerprint density at radius 3 is 2.68 bits per heavy atom. The topological polar surface area (TPSA) is 12.5 Å². The maximum atomic E-state index is 6.85. The van der Waals surface area contributed by atoms with Crippen LogP contribution in [0.4, 0.5) is 5.69 Å². The fourth-order valence-electron chi connectivity index (χ4n) is 7.18. The summed E-state index contributed by atoms with van der Waals surface area (Å²) in [4.78, 5) is 2.71. The monoisotopic (exact) mass is 439 g/mol. The van der Waals surface area contributed by atoms with E-state index in [1.165, 1.54) is 38.9 Å². The van der Waals surface area contributed by atoms with E-state index in [2.05, 4.69) is 103 Å². The second kappa shape index (κ2) is 6.79. The molecule has 164 valence electrons. The highest BCUT2D eigenvalue weighted by Crippen LogP contribution is 2.54. The number of allylic oxidation sites excluding steroid dienone is 8. The zero-order chi connectivity index (χ0) is 22.4. The minimum Gasteiger partial charge on any atom is -0.458 e. The third-order valence-corrected chi connectivity index (χ3v) is 8.54. The Morgan fingerprint density at radius 2 is 1.79 bits per heavy atom. The van der Waals surface area contributed by atoms with Gasteiger partial charge in [0.25, 0.3) is 0 Å². The van der Waals surface area contributed by atoms with Crippen molar-refractivity contribution < 1.29 is 4.74 Å². The number of benzene rings is 2. The summed E-state index contributed by atoms with van der Waals surface area (Å²) in [6.07, 6.45) is 27.8. The third-order valence-electron chi connectivity index (χ3n) is 8.54. The van der Waals surface area contributed by atoms with Crippen LogP contribution >= 0.6 is 0 Å². The first-order valence-corrected chi connectivity index (χ1v) is 12.6. The van der Waals surface area contributed by atoms with Gasteiger partial charge in [-0.15, -0.1) is 0 Å². The van der Waals surface area contributed by atoms with Gasteiger partial charge in [0.1, 0.15) is 11.5 Å². The molecule has 3 heteroatoms. The van der Waals surface area contributed by atoms with Gasteiger partial charge in [0.05, 0.1) is 6.04 Å². The first-order chi connectivity index (χ1) is 16.8. The van der Waals surface area contributed by atoms with Crippen LogP contribution in [0.1, 0.15) is 35.4 Å². The molecule has 0 bridgehead atoms. The summed E-state index contributed by atoms with van der Waals surface area (Å²) < 4.78 is 6.85. The standard InChI is InChI=1S/C31H26BNO/c1-19-15-16-28-25(17-19)32-24-12-6-8-14-27(24)33-26-13-7-5-11-21(26)23-18-22(20-9-3-2-4-10-20)31(34-28)29(32)30(23)33/h3,5-18,21,24,26-27H,2,4H2,1H3. The van der Waals surface area contributed by atoms with E-state index in [1.807, 2.05) is 0 Å². The molecule has 6 aliphatic rings. The SMILES string of the molecule is Cc1ccc2c(c1)B1c3c(c(C4=CCCC=C4)cc4c3N(C3C=CC=CC13)C1C=CC=CC41)O2. The first-order valence-electron chi connectivity index (χ1n) is 12.6. The highest BCUT2D eigenvalue weighted by molar-refractivity contribution is 6.90. The van der Waals surface area contributed by atoms with Crippen LogP contribution in [0.25, 0.3) is 5.57 Å². The lowest BCUT2D eigenvalue weighted by atomic mass is 9.29. The Hall–Kier alpha value is -3.46. The molecule has 0 spiro atoms. The Morgan fingerprint density at radius 1 is 0.941 bits per heavy atom. The zero-order valence-corrected chi connectivity index (χ0v) is 19.3. The van der Waals surface area contributed by atoms with Gasteiger partial charge in [0.2, 0.25) is 6.71 Å². The van der Waals surface area contributed by atoms with Crippen LogP contribution in [-0.4, -0.2) is 18.8 Å². The number of ether oxygens (including phenoxy) is 1. The van der Waals surface area contributed by atoms with Gasteiger partial charge in [-0.2, -0.15) is 0 Å². The van der Waals surface area contributed by atoms with Gasteiger partial charge in [0.15, 0.2) is 0 Å². The van der Waals surface area contributed by atoms with Gasteiger partial charge < -0.3 is 9.64 Å². The molecule has 3 heterocycles. The van der Waals surface area contributed by atoms with E-state index in [1.54, 1.807) is 0 Å². The third kappa shape index (κ3) is 2.37. The summed E-state index contributed by atoms with van der Waals surface area (Å²) in [7, 11) is 0. The average molecular weight is 439 g/mol. The van der Waals surface area contributed by atoms with Crippen molar-refractivity contribution in [1.82, 2.24) is 0 Å². The van der Waals surface area contributed by atoms with Crippen molar-refractivity contribution in [2.45, 2.75) is 43.6 Å². The van der Waals surface area contributed by atoms with Crippen molar-refractivity contribution in [2.75, 3.05) is 4.90 Å².